The number of phenolic OH excluding ortho intramolecular Hbond substituents is 2. The van der Waals surface area contributed by atoms with Gasteiger partial charge in [-0.2, -0.15) is 0 Å². The summed E-state index contributed by atoms with van der Waals surface area (Å²) in [4.78, 5) is 17.4. The minimum Gasteiger partial charge on any atom is -0.504 e. The quantitative estimate of drug-likeness (QED) is 0.344. The van der Waals surface area contributed by atoms with E-state index in [0.717, 1.165) is 5.69 Å². The van der Waals surface area contributed by atoms with Crippen LogP contribution in [0.1, 0.15) is 27.6 Å². The normalized spacial score (nSPS) is 27.9. The number of benzene rings is 2. The number of rotatable bonds is 5. The number of nitrogens with zero attached hydrogens (tertiary/aromatic N) is 2. The summed E-state index contributed by atoms with van der Waals surface area (Å²) in [5.41, 5.74) is 1.13. The number of fused-ring (bicyclic) bond motifs is 3. The Morgan fingerprint density at radius 2 is 1.73 bits per heavy atom. The summed E-state index contributed by atoms with van der Waals surface area (Å²) in [5, 5.41) is 53.1. The van der Waals surface area contributed by atoms with Crippen LogP contribution < -0.4 is 9.64 Å². The minimum atomic E-state index is -1.56. The number of halogens is 1. The Labute approximate surface area is 218 Å². The summed E-state index contributed by atoms with van der Waals surface area (Å²) >= 11 is 5.99. The molecule has 3 aliphatic heterocycles. The summed E-state index contributed by atoms with van der Waals surface area (Å²) in [6.07, 6.45) is -6.76. The van der Waals surface area contributed by atoms with E-state index in [1.807, 2.05) is 24.3 Å². The molecule has 11 nitrogen and oxygen atoms in total. The van der Waals surface area contributed by atoms with Crippen molar-refractivity contribution >= 4 is 23.3 Å². The van der Waals surface area contributed by atoms with Crippen LogP contribution in [0.15, 0.2) is 24.3 Å². The van der Waals surface area contributed by atoms with E-state index >= 15 is 0 Å². The van der Waals surface area contributed by atoms with Gasteiger partial charge in [-0.1, -0.05) is 11.6 Å². The molecule has 2 saturated heterocycles. The molecule has 5 N–H and O–H groups in total. The Morgan fingerprint density at radius 3 is 2.35 bits per heavy atom. The van der Waals surface area contributed by atoms with Crippen LogP contribution in [0.25, 0.3) is 0 Å². The van der Waals surface area contributed by atoms with Crippen molar-refractivity contribution in [2.24, 2.45) is 0 Å². The van der Waals surface area contributed by atoms with Gasteiger partial charge >= 0.3 is 5.97 Å². The Balaban J connectivity index is 1.46. The van der Waals surface area contributed by atoms with E-state index in [4.69, 9.17) is 25.8 Å². The molecule has 0 bridgehead atoms. The van der Waals surface area contributed by atoms with Crippen molar-refractivity contribution in [1.82, 2.24) is 4.90 Å². The lowest BCUT2D eigenvalue weighted by Crippen LogP contribution is -2.58. The van der Waals surface area contributed by atoms with Gasteiger partial charge in [-0.05, 0) is 24.3 Å². The summed E-state index contributed by atoms with van der Waals surface area (Å²) < 4.78 is 16.5. The van der Waals surface area contributed by atoms with Crippen LogP contribution in [0.5, 0.6) is 17.2 Å². The molecule has 5 atom stereocenters. The van der Waals surface area contributed by atoms with Crippen molar-refractivity contribution in [3.05, 3.63) is 46.0 Å². The third-order valence-corrected chi connectivity index (χ3v) is 7.54. The topological polar surface area (TPSA) is 152 Å². The van der Waals surface area contributed by atoms with Crippen molar-refractivity contribution in [3.8, 4) is 17.2 Å². The average molecular weight is 537 g/mol. The van der Waals surface area contributed by atoms with Crippen molar-refractivity contribution < 1.29 is 44.5 Å². The van der Waals surface area contributed by atoms with E-state index in [1.165, 1.54) is 7.11 Å². The second kappa shape index (κ2) is 10.2. The summed E-state index contributed by atoms with van der Waals surface area (Å²) in [5.74, 6) is -2.05. The first-order valence-corrected chi connectivity index (χ1v) is 12.3. The Kier molecular flexibility index (Phi) is 7.10. The molecule has 0 amide bonds. The van der Waals surface area contributed by atoms with E-state index in [0.29, 0.717) is 31.2 Å². The number of carbonyl (C=O) groups is 1. The molecule has 0 unspecified atom stereocenters. The van der Waals surface area contributed by atoms with Crippen molar-refractivity contribution in [1.29, 1.82) is 0 Å². The average Bonchev–Trinajstić information content (AvgIpc) is 2.90. The molecule has 0 saturated carbocycles. The highest BCUT2D eigenvalue weighted by atomic mass is 35.5. The van der Waals surface area contributed by atoms with Gasteiger partial charge in [0, 0.05) is 54.6 Å². The van der Waals surface area contributed by atoms with Crippen molar-refractivity contribution in [3.63, 3.8) is 0 Å². The van der Waals surface area contributed by atoms with Crippen LogP contribution in [0.4, 0.5) is 5.69 Å². The number of aliphatic hydroxyl groups is 3. The number of piperazine rings is 1. The second-order valence-corrected chi connectivity index (χ2v) is 9.80. The maximum atomic E-state index is 13.2. The van der Waals surface area contributed by atoms with Crippen molar-refractivity contribution in [2.75, 3.05) is 44.8 Å². The molecule has 2 fully saturated rings. The highest BCUT2D eigenvalue weighted by molar-refractivity contribution is 6.30. The number of anilines is 1. The highest BCUT2D eigenvalue weighted by Gasteiger charge is 2.53. The number of phenols is 2. The third kappa shape index (κ3) is 4.45. The van der Waals surface area contributed by atoms with Crippen LogP contribution in [0.3, 0.4) is 0 Å². The highest BCUT2D eigenvalue weighted by Crippen LogP contribution is 2.52. The fourth-order valence-electron chi connectivity index (χ4n) is 5.30. The van der Waals surface area contributed by atoms with Gasteiger partial charge in [0.05, 0.1) is 19.3 Å². The lowest BCUT2D eigenvalue weighted by atomic mass is 9.84. The van der Waals surface area contributed by atoms with Gasteiger partial charge in [-0.3, -0.25) is 4.90 Å². The van der Waals surface area contributed by atoms with Crippen LogP contribution in [0.2, 0.25) is 5.02 Å². The van der Waals surface area contributed by atoms with Gasteiger partial charge in [-0.15, -0.1) is 0 Å². The molecule has 0 spiro atoms. The Morgan fingerprint density at radius 1 is 1.05 bits per heavy atom. The number of esters is 1. The van der Waals surface area contributed by atoms with Gasteiger partial charge in [0.2, 0.25) is 5.75 Å². The summed E-state index contributed by atoms with van der Waals surface area (Å²) in [6.45, 7) is 2.18. The summed E-state index contributed by atoms with van der Waals surface area (Å²) in [7, 11) is 1.27. The van der Waals surface area contributed by atoms with E-state index < -0.39 is 54.6 Å². The van der Waals surface area contributed by atoms with Gasteiger partial charge in [-0.25, -0.2) is 4.79 Å². The lowest BCUT2D eigenvalue weighted by Gasteiger charge is -2.45. The molecule has 0 aromatic heterocycles. The molecule has 5 rings (SSSR count). The largest absolute Gasteiger partial charge is 0.504 e. The zero-order valence-electron chi connectivity index (χ0n) is 20.1. The van der Waals surface area contributed by atoms with E-state index in [9.17, 15) is 30.3 Å². The molecule has 0 aliphatic carbocycles. The van der Waals surface area contributed by atoms with Crippen LogP contribution in [0, 0.1) is 0 Å². The molecular formula is C25H29ClN2O9. The second-order valence-electron chi connectivity index (χ2n) is 9.37. The number of hydrogen-bond donors (Lipinski definition) is 5. The number of methoxy groups -OCH3 is 1. The van der Waals surface area contributed by atoms with Gasteiger partial charge in [0.25, 0.3) is 0 Å². The molecule has 200 valence electrons. The number of aromatic hydroxyl groups is 2. The van der Waals surface area contributed by atoms with Gasteiger partial charge in [0.1, 0.15) is 24.4 Å². The SMILES string of the molecule is COc1c(O)c(CN2CCN(c3ccc(Cl)cc3)CC2)c2c(c1O)[C@H]1O[C@H](CO)[C@@H](O)[C@H](O)[C@H]1OC2=O. The first-order chi connectivity index (χ1) is 17.7. The van der Waals surface area contributed by atoms with E-state index in [2.05, 4.69) is 9.80 Å². The predicted molar refractivity (Wildman–Crippen MR) is 131 cm³/mol. The number of aliphatic hydroxyl groups excluding tert-OH is 3. The van der Waals surface area contributed by atoms with Crippen LogP contribution in [-0.4, -0.2) is 101 Å². The van der Waals surface area contributed by atoms with E-state index in [1.54, 1.807) is 0 Å². The van der Waals surface area contributed by atoms with E-state index in [-0.39, 0.29) is 29.0 Å². The van der Waals surface area contributed by atoms with Crippen LogP contribution >= 0.6 is 11.6 Å². The molecule has 12 heteroatoms. The smallest absolute Gasteiger partial charge is 0.339 e. The molecule has 3 aliphatic rings. The lowest BCUT2D eigenvalue weighted by molar-refractivity contribution is -0.235. The van der Waals surface area contributed by atoms with Gasteiger partial charge < -0.3 is 44.6 Å². The molecule has 0 radical (unpaired) electrons. The minimum absolute atomic E-state index is 0.0184. The number of ether oxygens (including phenoxy) is 3. The Bertz CT molecular complexity index is 1170. The molecule has 2 aromatic rings. The maximum absolute atomic E-state index is 13.2. The molecule has 3 heterocycles. The number of carbonyl (C=O) groups excluding carboxylic acids is 1. The fraction of sp³-hybridized carbons (Fsp3) is 0.480. The standard InChI is InChI=1S/C25H29ClN2O9/c1-35-23-18(30)14(10-27-6-8-28(9-7-27)13-4-2-12(26)3-5-13)16-17(20(23)32)22-24(37-25(16)34)21(33)19(31)15(11-29)36-22/h2-5,15,19,21-22,24,29-33H,6-11H2,1H3/t15-,19-,21+,22-,24-/m1/s1. The number of hydrogen-bond acceptors (Lipinski definition) is 11. The molecular weight excluding hydrogens is 508 g/mol. The van der Waals surface area contributed by atoms with Crippen LogP contribution in [-0.2, 0) is 16.0 Å². The van der Waals surface area contributed by atoms with Gasteiger partial charge in [0.15, 0.2) is 17.6 Å². The first kappa shape index (κ1) is 25.8. The third-order valence-electron chi connectivity index (χ3n) is 7.29. The fourth-order valence-corrected chi connectivity index (χ4v) is 5.43. The first-order valence-electron chi connectivity index (χ1n) is 12.0. The molecule has 37 heavy (non-hydrogen) atoms. The zero-order valence-corrected chi connectivity index (χ0v) is 20.8. The van der Waals surface area contributed by atoms with Crippen molar-refractivity contribution in [2.45, 2.75) is 37.1 Å². The summed E-state index contributed by atoms with van der Waals surface area (Å²) in [6, 6.07) is 7.57. The predicted octanol–water partition coefficient (Wildman–Crippen LogP) is 0.775. The molecule has 2 aromatic carbocycles. The monoisotopic (exact) mass is 536 g/mol. The maximum Gasteiger partial charge on any atom is 0.339 e. The Hall–Kier alpha value is -2.80. The zero-order chi connectivity index (χ0) is 26.4.